The molecule has 0 heterocycles. The third-order valence-electron chi connectivity index (χ3n) is 3.43. The van der Waals surface area contributed by atoms with E-state index in [1.807, 2.05) is 0 Å². The molecule has 0 aromatic carbocycles. The van der Waals surface area contributed by atoms with E-state index in [1.165, 1.54) is 25.7 Å². The van der Waals surface area contributed by atoms with Crippen LogP contribution in [0.2, 0.25) is 0 Å². The Labute approximate surface area is 90.7 Å². The fraction of sp³-hybridized carbons (Fsp3) is 1.00. The number of nitrogens with one attached hydrogen (secondary N) is 1. The summed E-state index contributed by atoms with van der Waals surface area (Å²) in [5.74, 6) is 1.74. The predicted molar refractivity (Wildman–Crippen MR) is 65.6 cm³/mol. The van der Waals surface area contributed by atoms with E-state index in [-0.39, 0.29) is 0 Å². The molecule has 2 atom stereocenters. The lowest BCUT2D eigenvalue weighted by Gasteiger charge is -2.24. The number of hydrogen-bond donors (Lipinski definition) is 1. The Bertz CT molecular complexity index is 118. The van der Waals surface area contributed by atoms with E-state index >= 15 is 0 Å². The topological polar surface area (TPSA) is 12.0 Å². The Morgan fingerprint density at radius 1 is 1.00 bits per heavy atom. The van der Waals surface area contributed by atoms with Crippen LogP contribution in [0, 0.1) is 11.8 Å². The van der Waals surface area contributed by atoms with Gasteiger partial charge >= 0.3 is 0 Å². The zero-order chi connectivity index (χ0) is 11.0. The van der Waals surface area contributed by atoms with Crippen LogP contribution in [-0.4, -0.2) is 12.6 Å². The minimum absolute atomic E-state index is 0.676. The lowest BCUT2D eigenvalue weighted by atomic mass is 9.88. The van der Waals surface area contributed by atoms with Gasteiger partial charge in [0.25, 0.3) is 0 Å². The van der Waals surface area contributed by atoms with Crippen molar-refractivity contribution in [1.29, 1.82) is 0 Å². The average Bonchev–Trinajstić information content (AvgIpc) is 2.21. The van der Waals surface area contributed by atoms with Crippen molar-refractivity contribution in [2.45, 2.75) is 66.3 Å². The zero-order valence-electron chi connectivity index (χ0n) is 10.8. The quantitative estimate of drug-likeness (QED) is 0.626. The normalized spacial score (nSPS) is 15.9. The van der Waals surface area contributed by atoms with E-state index in [4.69, 9.17) is 0 Å². The number of hydrogen-bond acceptors (Lipinski definition) is 1. The maximum absolute atomic E-state index is 3.59. The van der Waals surface area contributed by atoms with Gasteiger partial charge in [-0.2, -0.15) is 0 Å². The maximum atomic E-state index is 3.59. The highest BCUT2D eigenvalue weighted by atomic mass is 14.9. The van der Waals surface area contributed by atoms with E-state index in [2.05, 4.69) is 39.9 Å². The van der Waals surface area contributed by atoms with Crippen LogP contribution in [0.25, 0.3) is 0 Å². The summed E-state index contributed by atoms with van der Waals surface area (Å²) in [4.78, 5) is 0. The second-order valence-corrected chi connectivity index (χ2v) is 4.64. The molecule has 0 bridgehead atoms. The van der Waals surface area contributed by atoms with Crippen molar-refractivity contribution in [3.63, 3.8) is 0 Å². The van der Waals surface area contributed by atoms with Crippen molar-refractivity contribution in [3.05, 3.63) is 0 Å². The minimum Gasteiger partial charge on any atom is -0.314 e. The SMILES string of the molecule is CCCNC(C)C(C)CC(CC)CC. The van der Waals surface area contributed by atoms with E-state index in [0.717, 1.165) is 18.4 Å². The molecular formula is C13H29N. The van der Waals surface area contributed by atoms with Gasteiger partial charge in [-0.3, -0.25) is 0 Å². The fourth-order valence-electron chi connectivity index (χ4n) is 1.93. The molecular weight excluding hydrogens is 170 g/mol. The lowest BCUT2D eigenvalue weighted by Crippen LogP contribution is -2.33. The first kappa shape index (κ1) is 14.0. The van der Waals surface area contributed by atoms with Crippen molar-refractivity contribution in [2.75, 3.05) is 6.54 Å². The Balaban J connectivity index is 3.74. The van der Waals surface area contributed by atoms with Crippen LogP contribution in [0.15, 0.2) is 0 Å². The summed E-state index contributed by atoms with van der Waals surface area (Å²) >= 11 is 0. The second kappa shape index (κ2) is 8.28. The molecule has 0 saturated heterocycles. The summed E-state index contributed by atoms with van der Waals surface area (Å²) in [5, 5.41) is 3.59. The van der Waals surface area contributed by atoms with Gasteiger partial charge < -0.3 is 5.32 Å². The minimum atomic E-state index is 0.676. The van der Waals surface area contributed by atoms with Crippen LogP contribution < -0.4 is 5.32 Å². The maximum Gasteiger partial charge on any atom is 0.00644 e. The van der Waals surface area contributed by atoms with Crippen LogP contribution in [0.3, 0.4) is 0 Å². The van der Waals surface area contributed by atoms with Gasteiger partial charge in [0.05, 0.1) is 0 Å². The van der Waals surface area contributed by atoms with Gasteiger partial charge in [-0.1, -0.05) is 40.5 Å². The molecule has 0 spiro atoms. The molecule has 0 aliphatic heterocycles. The third-order valence-corrected chi connectivity index (χ3v) is 3.43. The van der Waals surface area contributed by atoms with Crippen LogP contribution in [0.1, 0.15) is 60.3 Å². The monoisotopic (exact) mass is 199 g/mol. The van der Waals surface area contributed by atoms with Gasteiger partial charge in [0.2, 0.25) is 0 Å². The molecule has 0 rings (SSSR count). The van der Waals surface area contributed by atoms with Crippen molar-refractivity contribution >= 4 is 0 Å². The summed E-state index contributed by atoms with van der Waals surface area (Å²) < 4.78 is 0. The Kier molecular flexibility index (Phi) is 8.26. The molecule has 14 heavy (non-hydrogen) atoms. The Hall–Kier alpha value is -0.0400. The molecule has 0 aromatic rings. The standard InChI is InChI=1S/C13H29N/c1-6-9-14-12(5)11(4)10-13(7-2)8-3/h11-14H,6-10H2,1-5H3. The molecule has 0 saturated carbocycles. The zero-order valence-corrected chi connectivity index (χ0v) is 10.8. The van der Waals surface area contributed by atoms with Crippen molar-refractivity contribution in [1.82, 2.24) is 5.32 Å². The van der Waals surface area contributed by atoms with Crippen LogP contribution in [0.5, 0.6) is 0 Å². The summed E-state index contributed by atoms with van der Waals surface area (Å²) in [5.41, 5.74) is 0. The molecule has 0 radical (unpaired) electrons. The molecule has 0 amide bonds. The van der Waals surface area contributed by atoms with E-state index in [1.54, 1.807) is 0 Å². The molecule has 0 aliphatic rings. The van der Waals surface area contributed by atoms with Gasteiger partial charge in [0.15, 0.2) is 0 Å². The van der Waals surface area contributed by atoms with Gasteiger partial charge in [0, 0.05) is 6.04 Å². The van der Waals surface area contributed by atoms with Gasteiger partial charge in [-0.05, 0) is 38.1 Å². The Morgan fingerprint density at radius 2 is 1.57 bits per heavy atom. The fourth-order valence-corrected chi connectivity index (χ4v) is 1.93. The van der Waals surface area contributed by atoms with Crippen molar-refractivity contribution < 1.29 is 0 Å². The first-order chi connectivity index (χ1) is 6.65. The highest BCUT2D eigenvalue weighted by molar-refractivity contribution is 4.71. The molecule has 0 aliphatic carbocycles. The van der Waals surface area contributed by atoms with Crippen molar-refractivity contribution in [2.24, 2.45) is 11.8 Å². The van der Waals surface area contributed by atoms with Gasteiger partial charge in [-0.25, -0.2) is 0 Å². The van der Waals surface area contributed by atoms with Crippen LogP contribution in [-0.2, 0) is 0 Å². The number of rotatable bonds is 8. The molecule has 2 unspecified atom stereocenters. The highest BCUT2D eigenvalue weighted by Crippen LogP contribution is 2.20. The van der Waals surface area contributed by atoms with E-state index in [9.17, 15) is 0 Å². The van der Waals surface area contributed by atoms with Gasteiger partial charge in [0.1, 0.15) is 0 Å². The first-order valence-corrected chi connectivity index (χ1v) is 6.38. The van der Waals surface area contributed by atoms with Gasteiger partial charge in [-0.15, -0.1) is 0 Å². The average molecular weight is 199 g/mol. The molecule has 86 valence electrons. The molecule has 1 nitrogen and oxygen atoms in total. The predicted octanol–water partition coefficient (Wildman–Crippen LogP) is 3.84. The van der Waals surface area contributed by atoms with E-state index < -0.39 is 0 Å². The van der Waals surface area contributed by atoms with Crippen molar-refractivity contribution in [3.8, 4) is 0 Å². The molecule has 1 heteroatoms. The summed E-state index contributed by atoms with van der Waals surface area (Å²) in [7, 11) is 0. The van der Waals surface area contributed by atoms with Crippen LogP contribution >= 0.6 is 0 Å². The Morgan fingerprint density at radius 3 is 2.00 bits per heavy atom. The molecule has 0 fully saturated rings. The first-order valence-electron chi connectivity index (χ1n) is 6.38. The largest absolute Gasteiger partial charge is 0.314 e. The smallest absolute Gasteiger partial charge is 0.00644 e. The van der Waals surface area contributed by atoms with E-state index in [0.29, 0.717) is 6.04 Å². The molecule has 0 aromatic heterocycles. The summed E-state index contributed by atoms with van der Waals surface area (Å²) in [6.07, 6.45) is 5.29. The summed E-state index contributed by atoms with van der Waals surface area (Å²) in [6, 6.07) is 0.676. The third kappa shape index (κ3) is 5.64. The molecule has 1 N–H and O–H groups in total. The highest BCUT2D eigenvalue weighted by Gasteiger charge is 2.15. The lowest BCUT2D eigenvalue weighted by molar-refractivity contribution is 0.307. The second-order valence-electron chi connectivity index (χ2n) is 4.64. The summed E-state index contributed by atoms with van der Waals surface area (Å²) in [6.45, 7) is 12.7. The van der Waals surface area contributed by atoms with Crippen LogP contribution in [0.4, 0.5) is 0 Å².